The molecule has 0 radical (unpaired) electrons. The summed E-state index contributed by atoms with van der Waals surface area (Å²) >= 11 is 0. The molecule has 1 aromatic carbocycles. The maximum atomic E-state index is 11.4. The average molecular weight is 270 g/mol. The van der Waals surface area contributed by atoms with E-state index in [1.807, 2.05) is 0 Å². The Morgan fingerprint density at radius 1 is 0.947 bits per heavy atom. The first-order chi connectivity index (χ1) is 9.07. The zero-order valence-corrected chi connectivity index (χ0v) is 11.2. The van der Waals surface area contributed by atoms with E-state index in [1.54, 1.807) is 0 Å². The summed E-state index contributed by atoms with van der Waals surface area (Å²) in [6.07, 6.45) is 3.06. The number of hydrogen-bond acceptors (Lipinski definition) is 6. The molecule has 0 bridgehead atoms. The fraction of sp³-hybridized carbons (Fsp3) is 0.692. The summed E-state index contributed by atoms with van der Waals surface area (Å²) in [6, 6.07) is 0. The van der Waals surface area contributed by atoms with E-state index in [-0.39, 0.29) is 18.7 Å². The molecule has 0 aliphatic heterocycles. The lowest BCUT2D eigenvalue weighted by Gasteiger charge is -2.15. The number of aliphatic hydroxyl groups excluding tert-OH is 1. The Hall–Kier alpha value is -1.40. The molecule has 0 aromatic heterocycles. The average Bonchev–Trinajstić information content (AvgIpc) is 2.39. The molecule has 19 heavy (non-hydrogen) atoms. The van der Waals surface area contributed by atoms with Gasteiger partial charge in [0.1, 0.15) is 11.4 Å². The van der Waals surface area contributed by atoms with Gasteiger partial charge in [0.25, 0.3) is 10.9 Å². The standard InChI is InChI=1S/C13H22N2O4/c1-2-3-4-5-7-14-10-11(13(19)12(10)18)15-8-6-9(16)17/h9,14-17H,2-8H2,1H3. The highest BCUT2D eigenvalue weighted by Gasteiger charge is 2.19. The summed E-state index contributed by atoms with van der Waals surface area (Å²) in [4.78, 5) is 22.7. The van der Waals surface area contributed by atoms with Gasteiger partial charge in [-0.05, 0) is 6.42 Å². The van der Waals surface area contributed by atoms with Crippen molar-refractivity contribution in [3.8, 4) is 0 Å². The highest BCUT2D eigenvalue weighted by atomic mass is 16.5. The molecule has 0 saturated carbocycles. The Morgan fingerprint density at radius 3 is 2.05 bits per heavy atom. The molecule has 0 atom stereocenters. The fourth-order valence-electron chi connectivity index (χ4n) is 1.82. The second-order valence-corrected chi connectivity index (χ2v) is 4.59. The van der Waals surface area contributed by atoms with Crippen molar-refractivity contribution < 1.29 is 10.2 Å². The number of nitrogens with one attached hydrogen (secondary N) is 2. The molecular weight excluding hydrogens is 248 g/mol. The monoisotopic (exact) mass is 270 g/mol. The van der Waals surface area contributed by atoms with Crippen LogP contribution in [0.4, 0.5) is 11.4 Å². The van der Waals surface area contributed by atoms with Crippen LogP contribution in [0.25, 0.3) is 0 Å². The lowest BCUT2D eigenvalue weighted by atomic mass is 10.1. The van der Waals surface area contributed by atoms with Gasteiger partial charge in [-0.3, -0.25) is 9.59 Å². The third kappa shape index (κ3) is 4.65. The normalized spacial score (nSPS) is 11.2. The van der Waals surface area contributed by atoms with E-state index in [2.05, 4.69) is 17.6 Å². The largest absolute Gasteiger partial charge is 0.380 e. The van der Waals surface area contributed by atoms with Crippen molar-refractivity contribution in [2.75, 3.05) is 23.7 Å². The Bertz CT molecular complexity index is 449. The molecule has 0 fully saturated rings. The molecular formula is C13H22N2O4. The van der Waals surface area contributed by atoms with Crippen LogP contribution in [0.15, 0.2) is 9.59 Å². The van der Waals surface area contributed by atoms with Gasteiger partial charge >= 0.3 is 0 Å². The van der Waals surface area contributed by atoms with Gasteiger partial charge in [-0.15, -0.1) is 0 Å². The van der Waals surface area contributed by atoms with Crippen LogP contribution in [0.1, 0.15) is 39.0 Å². The third-order valence-corrected chi connectivity index (χ3v) is 2.95. The van der Waals surface area contributed by atoms with Crippen molar-refractivity contribution in [1.29, 1.82) is 0 Å². The molecule has 1 aromatic rings. The smallest absolute Gasteiger partial charge is 0.253 e. The molecule has 0 saturated heterocycles. The van der Waals surface area contributed by atoms with Crippen molar-refractivity contribution in [3.05, 3.63) is 20.4 Å². The minimum Gasteiger partial charge on any atom is -0.380 e. The van der Waals surface area contributed by atoms with Gasteiger partial charge in [0, 0.05) is 19.5 Å². The van der Waals surface area contributed by atoms with Crippen LogP contribution in [0.3, 0.4) is 0 Å². The fourth-order valence-corrected chi connectivity index (χ4v) is 1.82. The second-order valence-electron chi connectivity index (χ2n) is 4.59. The third-order valence-electron chi connectivity index (χ3n) is 2.95. The Balaban J connectivity index is 2.39. The van der Waals surface area contributed by atoms with E-state index in [1.165, 1.54) is 0 Å². The van der Waals surface area contributed by atoms with Gasteiger partial charge < -0.3 is 20.8 Å². The Morgan fingerprint density at radius 2 is 1.53 bits per heavy atom. The molecule has 0 spiro atoms. The van der Waals surface area contributed by atoms with Crippen LogP contribution >= 0.6 is 0 Å². The molecule has 0 unspecified atom stereocenters. The number of unbranched alkanes of at least 4 members (excludes halogenated alkanes) is 3. The molecule has 0 heterocycles. The summed E-state index contributed by atoms with van der Waals surface area (Å²) in [5.41, 5.74) is -0.443. The Labute approximate surface area is 112 Å². The first-order valence-electron chi connectivity index (χ1n) is 6.75. The minimum atomic E-state index is -1.41. The molecule has 6 heteroatoms. The zero-order valence-electron chi connectivity index (χ0n) is 11.2. The zero-order chi connectivity index (χ0) is 14.3. The Kier molecular flexibility index (Phi) is 6.52. The van der Waals surface area contributed by atoms with E-state index in [9.17, 15) is 9.59 Å². The van der Waals surface area contributed by atoms with Crippen molar-refractivity contribution in [2.24, 2.45) is 0 Å². The molecule has 108 valence electrons. The van der Waals surface area contributed by atoms with Crippen molar-refractivity contribution in [1.82, 2.24) is 0 Å². The first kappa shape index (κ1) is 15.7. The summed E-state index contributed by atoms with van der Waals surface area (Å²) in [7, 11) is 0. The van der Waals surface area contributed by atoms with Gasteiger partial charge in [0.2, 0.25) is 0 Å². The van der Waals surface area contributed by atoms with Gasteiger partial charge in [-0.25, -0.2) is 0 Å². The number of aliphatic hydroxyl groups is 2. The highest BCUT2D eigenvalue weighted by Crippen LogP contribution is 2.14. The lowest BCUT2D eigenvalue weighted by molar-refractivity contribution is -0.0423. The number of hydrogen-bond donors (Lipinski definition) is 4. The van der Waals surface area contributed by atoms with Crippen LogP contribution in [0.5, 0.6) is 0 Å². The van der Waals surface area contributed by atoms with E-state index in [4.69, 9.17) is 10.2 Å². The topological polar surface area (TPSA) is 98.7 Å². The minimum absolute atomic E-state index is 0.106. The van der Waals surface area contributed by atoms with E-state index >= 15 is 0 Å². The second kappa shape index (κ2) is 7.91. The number of rotatable bonds is 10. The summed E-state index contributed by atoms with van der Waals surface area (Å²) in [5, 5.41) is 23.1. The predicted octanol–water partition coefficient (Wildman–Crippen LogP) is 0.388. The van der Waals surface area contributed by atoms with Crippen LogP contribution in [-0.2, 0) is 0 Å². The predicted molar refractivity (Wildman–Crippen MR) is 75.3 cm³/mol. The maximum absolute atomic E-state index is 11.4. The van der Waals surface area contributed by atoms with E-state index in [0.717, 1.165) is 25.7 Å². The van der Waals surface area contributed by atoms with Crippen molar-refractivity contribution in [3.63, 3.8) is 0 Å². The van der Waals surface area contributed by atoms with Crippen LogP contribution < -0.4 is 21.5 Å². The van der Waals surface area contributed by atoms with Crippen LogP contribution in [0, 0.1) is 0 Å². The molecule has 4 N–H and O–H groups in total. The van der Waals surface area contributed by atoms with Crippen LogP contribution in [-0.4, -0.2) is 29.6 Å². The molecule has 6 nitrogen and oxygen atoms in total. The molecule has 0 aliphatic carbocycles. The summed E-state index contributed by atoms with van der Waals surface area (Å²) in [5.74, 6) is 0. The van der Waals surface area contributed by atoms with Gasteiger partial charge in [0.15, 0.2) is 6.29 Å². The van der Waals surface area contributed by atoms with Crippen molar-refractivity contribution >= 4 is 11.4 Å². The quantitative estimate of drug-likeness (QED) is 0.279. The summed E-state index contributed by atoms with van der Waals surface area (Å²) < 4.78 is 0. The van der Waals surface area contributed by atoms with Crippen LogP contribution in [0.2, 0.25) is 0 Å². The number of anilines is 2. The van der Waals surface area contributed by atoms with Gasteiger partial charge in [-0.1, -0.05) is 26.2 Å². The lowest BCUT2D eigenvalue weighted by Crippen LogP contribution is -2.38. The first-order valence-corrected chi connectivity index (χ1v) is 6.75. The molecule has 0 aliphatic rings. The van der Waals surface area contributed by atoms with Crippen molar-refractivity contribution in [2.45, 2.75) is 45.3 Å². The molecule has 1 rings (SSSR count). The van der Waals surface area contributed by atoms with E-state index in [0.29, 0.717) is 12.2 Å². The summed E-state index contributed by atoms with van der Waals surface area (Å²) in [6.45, 7) is 3.04. The SMILES string of the molecule is CCCCCCNc1c(NCCC(O)O)c(=O)c1=O. The molecule has 0 amide bonds. The van der Waals surface area contributed by atoms with Gasteiger partial charge in [-0.2, -0.15) is 0 Å². The van der Waals surface area contributed by atoms with Gasteiger partial charge in [0.05, 0.1) is 0 Å². The highest BCUT2D eigenvalue weighted by molar-refractivity contribution is 5.73. The maximum Gasteiger partial charge on any atom is 0.253 e. The van der Waals surface area contributed by atoms with E-state index < -0.39 is 17.1 Å².